The van der Waals surface area contributed by atoms with Gasteiger partial charge in [-0.25, -0.2) is 8.42 Å². The Bertz CT molecular complexity index is 893. The fourth-order valence-electron chi connectivity index (χ4n) is 1.85. The van der Waals surface area contributed by atoms with Gasteiger partial charge in [-0.05, 0) is 30.3 Å². The Morgan fingerprint density at radius 2 is 1.91 bits per heavy atom. The average molecular weight is 335 g/mol. The topological polar surface area (TPSA) is 132 Å². The Kier molecular flexibility index (Phi) is 4.32. The molecule has 0 radical (unpaired) electrons. The van der Waals surface area contributed by atoms with E-state index in [0.29, 0.717) is 0 Å². The lowest BCUT2D eigenvalue weighted by molar-refractivity contribution is -0.383. The Balaban J connectivity index is 2.30. The van der Waals surface area contributed by atoms with Gasteiger partial charge < -0.3 is 11.1 Å². The van der Waals surface area contributed by atoms with Crippen LogP contribution in [0.3, 0.4) is 0 Å². The molecule has 8 nitrogen and oxygen atoms in total. The summed E-state index contributed by atoms with van der Waals surface area (Å²) in [4.78, 5) is 22.3. The molecule has 0 spiro atoms. The van der Waals surface area contributed by atoms with Gasteiger partial charge in [0.1, 0.15) is 5.69 Å². The summed E-state index contributed by atoms with van der Waals surface area (Å²) in [5.74, 6) is -0.612. The molecular weight excluding hydrogens is 322 g/mol. The van der Waals surface area contributed by atoms with Crippen molar-refractivity contribution in [1.29, 1.82) is 0 Å². The third kappa shape index (κ3) is 3.83. The molecule has 1 amide bonds. The summed E-state index contributed by atoms with van der Waals surface area (Å²) in [7, 11) is -3.41. The lowest BCUT2D eigenvalue weighted by Gasteiger charge is -2.07. The molecule has 0 aromatic heterocycles. The summed E-state index contributed by atoms with van der Waals surface area (Å²) in [6.07, 6.45) is 1.05. The first kappa shape index (κ1) is 16.4. The van der Waals surface area contributed by atoms with E-state index >= 15 is 0 Å². The van der Waals surface area contributed by atoms with Crippen molar-refractivity contribution in [3.8, 4) is 0 Å². The summed E-state index contributed by atoms with van der Waals surface area (Å²) in [5.41, 5.74) is 5.35. The highest BCUT2D eigenvalue weighted by atomic mass is 32.2. The maximum atomic E-state index is 12.1. The molecule has 0 aliphatic heterocycles. The van der Waals surface area contributed by atoms with Gasteiger partial charge in [0.25, 0.3) is 11.6 Å². The van der Waals surface area contributed by atoms with Crippen LogP contribution in [0.2, 0.25) is 0 Å². The number of carbonyl (C=O) groups excluding carboxylic acids is 1. The zero-order valence-corrected chi connectivity index (χ0v) is 12.8. The Hall–Kier alpha value is -2.94. The van der Waals surface area contributed by atoms with Gasteiger partial charge >= 0.3 is 0 Å². The van der Waals surface area contributed by atoms with E-state index in [1.807, 2.05) is 0 Å². The van der Waals surface area contributed by atoms with Gasteiger partial charge in [-0.1, -0.05) is 6.07 Å². The van der Waals surface area contributed by atoms with Crippen molar-refractivity contribution in [2.24, 2.45) is 0 Å². The summed E-state index contributed by atoms with van der Waals surface area (Å²) < 4.78 is 23.0. The first-order chi connectivity index (χ1) is 10.7. The Morgan fingerprint density at radius 3 is 2.52 bits per heavy atom. The van der Waals surface area contributed by atoms with Crippen LogP contribution in [0.1, 0.15) is 10.4 Å². The molecule has 2 aromatic carbocycles. The van der Waals surface area contributed by atoms with Gasteiger partial charge in [0.2, 0.25) is 0 Å². The van der Waals surface area contributed by atoms with E-state index in [2.05, 4.69) is 5.32 Å². The lowest BCUT2D eigenvalue weighted by Crippen LogP contribution is -2.13. The fourth-order valence-corrected chi connectivity index (χ4v) is 2.52. The molecule has 23 heavy (non-hydrogen) atoms. The highest BCUT2D eigenvalue weighted by molar-refractivity contribution is 7.90. The molecule has 0 aliphatic carbocycles. The maximum absolute atomic E-state index is 12.1. The number of nitrogens with zero attached hydrogens (tertiary/aromatic N) is 1. The molecule has 2 rings (SSSR count). The lowest BCUT2D eigenvalue weighted by atomic mass is 10.1. The van der Waals surface area contributed by atoms with Crippen LogP contribution >= 0.6 is 0 Å². The van der Waals surface area contributed by atoms with E-state index in [0.717, 1.165) is 12.3 Å². The molecule has 9 heteroatoms. The molecule has 0 atom stereocenters. The van der Waals surface area contributed by atoms with Crippen LogP contribution in [0.15, 0.2) is 47.4 Å². The zero-order valence-electron chi connectivity index (χ0n) is 12.0. The smallest absolute Gasteiger partial charge is 0.292 e. The molecule has 0 unspecified atom stereocenters. The number of sulfone groups is 1. The predicted octanol–water partition coefficient (Wildman–Crippen LogP) is 1.83. The van der Waals surface area contributed by atoms with Crippen LogP contribution in [0.4, 0.5) is 17.1 Å². The van der Waals surface area contributed by atoms with Gasteiger partial charge in [-0.2, -0.15) is 0 Å². The van der Waals surface area contributed by atoms with Gasteiger partial charge in [0, 0.05) is 23.6 Å². The standard InChI is InChI=1S/C14H13N3O5S/c1-23(21,22)11-4-2-3-10(8-11)16-14(18)9-5-6-12(15)13(7-9)17(19)20/h2-8H,15H2,1H3,(H,16,18). The number of nitro benzene ring substituents is 1. The minimum atomic E-state index is -3.41. The molecule has 0 heterocycles. The largest absolute Gasteiger partial charge is 0.393 e. The summed E-state index contributed by atoms with van der Waals surface area (Å²) in [6.45, 7) is 0. The van der Waals surface area contributed by atoms with Crippen LogP contribution in [-0.4, -0.2) is 25.5 Å². The quantitative estimate of drug-likeness (QED) is 0.497. The number of amides is 1. The summed E-state index contributed by atoms with van der Waals surface area (Å²) >= 11 is 0. The number of rotatable bonds is 4. The third-order valence-corrected chi connectivity index (χ3v) is 4.12. The molecule has 3 N–H and O–H groups in total. The molecule has 120 valence electrons. The van der Waals surface area contributed by atoms with E-state index in [-0.39, 0.29) is 27.5 Å². The number of nitrogen functional groups attached to an aromatic ring is 1. The van der Waals surface area contributed by atoms with Crippen LogP contribution in [0.25, 0.3) is 0 Å². The van der Waals surface area contributed by atoms with Gasteiger partial charge in [0.15, 0.2) is 9.84 Å². The molecule has 0 saturated heterocycles. The van der Waals surface area contributed by atoms with Crippen molar-refractivity contribution in [1.82, 2.24) is 0 Å². The number of carbonyl (C=O) groups is 1. The van der Waals surface area contributed by atoms with Crippen LogP contribution in [-0.2, 0) is 9.84 Å². The van der Waals surface area contributed by atoms with E-state index in [4.69, 9.17) is 5.73 Å². The monoisotopic (exact) mass is 335 g/mol. The highest BCUT2D eigenvalue weighted by Gasteiger charge is 2.16. The normalized spacial score (nSPS) is 11.0. The van der Waals surface area contributed by atoms with Crippen LogP contribution in [0.5, 0.6) is 0 Å². The second-order valence-corrected chi connectivity index (χ2v) is 6.80. The number of hydrogen-bond acceptors (Lipinski definition) is 6. The van der Waals surface area contributed by atoms with Crippen molar-refractivity contribution >= 4 is 32.8 Å². The van der Waals surface area contributed by atoms with Crippen molar-refractivity contribution in [2.45, 2.75) is 4.90 Å². The molecule has 2 aromatic rings. The predicted molar refractivity (Wildman–Crippen MR) is 85.0 cm³/mol. The van der Waals surface area contributed by atoms with Crippen LogP contribution < -0.4 is 11.1 Å². The number of hydrogen-bond donors (Lipinski definition) is 2. The first-order valence-electron chi connectivity index (χ1n) is 6.34. The third-order valence-electron chi connectivity index (χ3n) is 3.01. The average Bonchev–Trinajstić information content (AvgIpc) is 2.46. The number of anilines is 2. The van der Waals surface area contributed by atoms with Crippen molar-refractivity contribution in [3.05, 3.63) is 58.1 Å². The summed E-state index contributed by atoms with van der Waals surface area (Å²) in [6, 6.07) is 9.37. The van der Waals surface area contributed by atoms with E-state index in [1.54, 1.807) is 0 Å². The van der Waals surface area contributed by atoms with Crippen molar-refractivity contribution in [3.63, 3.8) is 0 Å². The van der Waals surface area contributed by atoms with Crippen molar-refractivity contribution < 1.29 is 18.1 Å². The summed E-state index contributed by atoms with van der Waals surface area (Å²) in [5, 5.41) is 13.3. The van der Waals surface area contributed by atoms with Crippen LogP contribution in [0, 0.1) is 10.1 Å². The van der Waals surface area contributed by atoms with E-state index in [1.165, 1.54) is 36.4 Å². The SMILES string of the molecule is CS(=O)(=O)c1cccc(NC(=O)c2ccc(N)c([N+](=O)[O-])c2)c1. The number of nitro groups is 1. The number of benzene rings is 2. The first-order valence-corrected chi connectivity index (χ1v) is 8.23. The molecular formula is C14H13N3O5S. The second-order valence-electron chi connectivity index (χ2n) is 4.78. The van der Waals surface area contributed by atoms with Gasteiger partial charge in [-0.15, -0.1) is 0 Å². The second kappa shape index (κ2) is 6.05. The molecule has 0 bridgehead atoms. The Morgan fingerprint density at radius 1 is 1.22 bits per heavy atom. The van der Waals surface area contributed by atoms with E-state index in [9.17, 15) is 23.3 Å². The highest BCUT2D eigenvalue weighted by Crippen LogP contribution is 2.23. The zero-order chi connectivity index (χ0) is 17.2. The molecule has 0 aliphatic rings. The Labute approximate surface area is 132 Å². The minimum absolute atomic E-state index is 0.0376. The molecule has 0 saturated carbocycles. The van der Waals surface area contributed by atoms with Gasteiger partial charge in [-0.3, -0.25) is 14.9 Å². The van der Waals surface area contributed by atoms with Crippen molar-refractivity contribution in [2.75, 3.05) is 17.3 Å². The fraction of sp³-hybridized carbons (Fsp3) is 0.0714. The van der Waals surface area contributed by atoms with Gasteiger partial charge in [0.05, 0.1) is 9.82 Å². The number of nitrogens with two attached hydrogens (primary N) is 1. The minimum Gasteiger partial charge on any atom is -0.393 e. The maximum Gasteiger partial charge on any atom is 0.292 e. The van der Waals surface area contributed by atoms with E-state index < -0.39 is 20.7 Å². The molecule has 0 fully saturated rings. The number of nitrogens with one attached hydrogen (secondary N) is 1.